The largest absolute Gasteiger partial charge is 0.382 e. The standard InChI is InChI=1S/C13H25BrO5S/c1-17-5-6-19-8-7-18-4-2-12(10-14)13-3-9-20(15,16)11-13/h12-13H,2-11H2,1H3. The minimum atomic E-state index is -2.79. The first-order valence-electron chi connectivity index (χ1n) is 7.00. The van der Waals surface area contributed by atoms with Crippen molar-refractivity contribution >= 4 is 25.8 Å². The summed E-state index contributed by atoms with van der Waals surface area (Å²) in [5.41, 5.74) is 0. The second kappa shape index (κ2) is 10.1. The Morgan fingerprint density at radius 3 is 2.35 bits per heavy atom. The fourth-order valence-electron chi connectivity index (χ4n) is 2.33. The molecule has 0 saturated carbocycles. The average molecular weight is 373 g/mol. The van der Waals surface area contributed by atoms with Gasteiger partial charge in [-0.05, 0) is 24.7 Å². The van der Waals surface area contributed by atoms with Crippen molar-refractivity contribution < 1.29 is 22.6 Å². The zero-order valence-electron chi connectivity index (χ0n) is 12.1. The monoisotopic (exact) mass is 372 g/mol. The van der Waals surface area contributed by atoms with Crippen molar-refractivity contribution in [2.24, 2.45) is 11.8 Å². The van der Waals surface area contributed by atoms with E-state index in [1.54, 1.807) is 7.11 Å². The van der Waals surface area contributed by atoms with Crippen molar-refractivity contribution in [3.8, 4) is 0 Å². The Bertz CT molecular complexity index is 347. The van der Waals surface area contributed by atoms with Gasteiger partial charge in [0.2, 0.25) is 0 Å². The van der Waals surface area contributed by atoms with E-state index in [2.05, 4.69) is 15.9 Å². The molecule has 1 heterocycles. The molecule has 20 heavy (non-hydrogen) atoms. The van der Waals surface area contributed by atoms with Crippen LogP contribution in [0.2, 0.25) is 0 Å². The van der Waals surface area contributed by atoms with E-state index in [0.717, 1.165) is 18.2 Å². The molecule has 0 amide bonds. The van der Waals surface area contributed by atoms with E-state index < -0.39 is 9.84 Å². The lowest BCUT2D eigenvalue weighted by atomic mass is 9.91. The normalized spacial score (nSPS) is 23.0. The van der Waals surface area contributed by atoms with Crippen LogP contribution in [-0.4, -0.2) is 65.4 Å². The molecule has 5 nitrogen and oxygen atoms in total. The molecule has 0 N–H and O–H groups in total. The van der Waals surface area contributed by atoms with Gasteiger partial charge in [0.1, 0.15) is 0 Å². The van der Waals surface area contributed by atoms with Crippen molar-refractivity contribution in [3.05, 3.63) is 0 Å². The lowest BCUT2D eigenvalue weighted by molar-refractivity contribution is 0.0212. The summed E-state index contributed by atoms with van der Waals surface area (Å²) in [6.07, 6.45) is 1.68. The van der Waals surface area contributed by atoms with Gasteiger partial charge >= 0.3 is 0 Å². The van der Waals surface area contributed by atoms with Crippen LogP contribution in [0, 0.1) is 11.8 Å². The van der Waals surface area contributed by atoms with Crippen LogP contribution in [0.4, 0.5) is 0 Å². The lowest BCUT2D eigenvalue weighted by Crippen LogP contribution is -2.20. The van der Waals surface area contributed by atoms with Crippen LogP contribution in [0.15, 0.2) is 0 Å². The number of methoxy groups -OCH3 is 1. The van der Waals surface area contributed by atoms with E-state index in [1.165, 1.54) is 0 Å². The fourth-order valence-corrected chi connectivity index (χ4v) is 5.11. The minimum Gasteiger partial charge on any atom is -0.382 e. The van der Waals surface area contributed by atoms with Gasteiger partial charge in [0.15, 0.2) is 9.84 Å². The second-order valence-electron chi connectivity index (χ2n) is 5.08. The topological polar surface area (TPSA) is 61.8 Å². The third-order valence-electron chi connectivity index (χ3n) is 3.57. The molecule has 0 aromatic carbocycles. The molecule has 0 aliphatic carbocycles. The third kappa shape index (κ3) is 7.36. The minimum absolute atomic E-state index is 0.279. The molecule has 120 valence electrons. The first-order chi connectivity index (χ1) is 9.59. The number of hydrogen-bond acceptors (Lipinski definition) is 5. The van der Waals surface area contributed by atoms with E-state index in [9.17, 15) is 8.42 Å². The first-order valence-corrected chi connectivity index (χ1v) is 9.94. The number of rotatable bonds is 11. The van der Waals surface area contributed by atoms with Crippen LogP contribution in [0.3, 0.4) is 0 Å². The highest BCUT2D eigenvalue weighted by Crippen LogP contribution is 2.29. The summed E-state index contributed by atoms with van der Waals surface area (Å²) in [6, 6.07) is 0. The summed E-state index contributed by atoms with van der Waals surface area (Å²) >= 11 is 3.49. The maximum absolute atomic E-state index is 11.5. The molecule has 0 radical (unpaired) electrons. The quantitative estimate of drug-likeness (QED) is 0.406. The number of halogens is 1. The fraction of sp³-hybridized carbons (Fsp3) is 1.00. The van der Waals surface area contributed by atoms with Crippen molar-refractivity contribution in [2.45, 2.75) is 12.8 Å². The van der Waals surface area contributed by atoms with Crippen LogP contribution in [0.25, 0.3) is 0 Å². The SMILES string of the molecule is COCCOCCOCCC(CBr)C1CCS(=O)(=O)C1. The van der Waals surface area contributed by atoms with Crippen molar-refractivity contribution in [2.75, 3.05) is 57.0 Å². The Hall–Kier alpha value is 0.310. The van der Waals surface area contributed by atoms with Gasteiger partial charge in [0, 0.05) is 19.0 Å². The van der Waals surface area contributed by atoms with E-state index >= 15 is 0 Å². The van der Waals surface area contributed by atoms with Crippen LogP contribution in [-0.2, 0) is 24.0 Å². The Labute approximate surface area is 130 Å². The maximum Gasteiger partial charge on any atom is 0.150 e. The van der Waals surface area contributed by atoms with Crippen LogP contribution < -0.4 is 0 Å². The Morgan fingerprint density at radius 1 is 1.15 bits per heavy atom. The molecule has 0 aromatic rings. The summed E-state index contributed by atoms with van der Waals surface area (Å²) < 4.78 is 38.7. The summed E-state index contributed by atoms with van der Waals surface area (Å²) in [5.74, 6) is 1.33. The number of ether oxygens (including phenoxy) is 3. The molecule has 2 unspecified atom stereocenters. The predicted octanol–water partition coefficient (Wildman–Crippen LogP) is 1.50. The van der Waals surface area contributed by atoms with Crippen molar-refractivity contribution in [1.29, 1.82) is 0 Å². The number of alkyl halides is 1. The van der Waals surface area contributed by atoms with E-state index in [4.69, 9.17) is 14.2 Å². The van der Waals surface area contributed by atoms with Gasteiger partial charge in [-0.15, -0.1) is 0 Å². The van der Waals surface area contributed by atoms with E-state index in [-0.39, 0.29) is 5.92 Å². The highest BCUT2D eigenvalue weighted by molar-refractivity contribution is 9.09. The summed E-state index contributed by atoms with van der Waals surface area (Å²) in [4.78, 5) is 0. The molecule has 7 heteroatoms. The number of sulfone groups is 1. The zero-order valence-corrected chi connectivity index (χ0v) is 14.5. The van der Waals surface area contributed by atoms with Gasteiger partial charge in [0.05, 0.1) is 37.9 Å². The first kappa shape index (κ1) is 18.4. The van der Waals surface area contributed by atoms with Gasteiger partial charge in [-0.25, -0.2) is 8.42 Å². The molecule has 1 aliphatic heterocycles. The smallest absolute Gasteiger partial charge is 0.150 e. The molecule has 1 fully saturated rings. The molecule has 0 bridgehead atoms. The molecule has 1 saturated heterocycles. The highest BCUT2D eigenvalue weighted by Gasteiger charge is 2.32. The second-order valence-corrected chi connectivity index (χ2v) is 7.96. The Kier molecular flexibility index (Phi) is 9.28. The molecular formula is C13H25BrO5S. The molecule has 1 rings (SSSR count). The van der Waals surface area contributed by atoms with Gasteiger partial charge in [-0.3, -0.25) is 0 Å². The lowest BCUT2D eigenvalue weighted by Gasteiger charge is -2.20. The van der Waals surface area contributed by atoms with Crippen LogP contribution in [0.1, 0.15) is 12.8 Å². The van der Waals surface area contributed by atoms with Crippen molar-refractivity contribution in [3.63, 3.8) is 0 Å². The molecule has 0 spiro atoms. The molecular weight excluding hydrogens is 348 g/mol. The third-order valence-corrected chi connectivity index (χ3v) is 6.19. The summed E-state index contributed by atoms with van der Waals surface area (Å²) in [6.45, 7) is 2.98. The average Bonchev–Trinajstić information content (AvgIpc) is 2.77. The van der Waals surface area contributed by atoms with Gasteiger partial charge in [-0.1, -0.05) is 15.9 Å². The molecule has 2 atom stereocenters. The van der Waals surface area contributed by atoms with Crippen LogP contribution in [0.5, 0.6) is 0 Å². The Morgan fingerprint density at radius 2 is 1.80 bits per heavy atom. The maximum atomic E-state index is 11.5. The molecule has 0 aromatic heterocycles. The van der Waals surface area contributed by atoms with Gasteiger partial charge in [-0.2, -0.15) is 0 Å². The predicted molar refractivity (Wildman–Crippen MR) is 82.2 cm³/mol. The van der Waals surface area contributed by atoms with E-state index in [1.807, 2.05) is 0 Å². The van der Waals surface area contributed by atoms with Crippen LogP contribution >= 0.6 is 15.9 Å². The zero-order chi connectivity index (χ0) is 14.8. The number of hydrogen-bond donors (Lipinski definition) is 0. The summed E-state index contributed by atoms with van der Waals surface area (Å²) in [5, 5.41) is 0.834. The Balaban J connectivity index is 2.07. The van der Waals surface area contributed by atoms with Gasteiger partial charge in [0.25, 0.3) is 0 Å². The van der Waals surface area contributed by atoms with Gasteiger partial charge < -0.3 is 14.2 Å². The molecule has 1 aliphatic rings. The highest BCUT2D eigenvalue weighted by atomic mass is 79.9. The summed E-state index contributed by atoms with van der Waals surface area (Å²) in [7, 11) is -1.15. The van der Waals surface area contributed by atoms with E-state index in [0.29, 0.717) is 50.5 Å². The van der Waals surface area contributed by atoms with Crippen molar-refractivity contribution in [1.82, 2.24) is 0 Å².